The predicted molar refractivity (Wildman–Crippen MR) is 101 cm³/mol. The summed E-state index contributed by atoms with van der Waals surface area (Å²) >= 11 is 0. The molecule has 0 aliphatic heterocycles. The summed E-state index contributed by atoms with van der Waals surface area (Å²) in [6.07, 6.45) is 3.84. The molecule has 0 aliphatic rings. The van der Waals surface area contributed by atoms with Gasteiger partial charge in [-0.3, -0.25) is 9.59 Å². The lowest BCUT2D eigenvalue weighted by Gasteiger charge is -2.18. The second kappa shape index (κ2) is 7.73. The van der Waals surface area contributed by atoms with Crippen molar-refractivity contribution in [3.8, 4) is 11.1 Å². The first-order valence-corrected chi connectivity index (χ1v) is 8.77. The SMILES string of the molecule is CCCN(CF)C(=O)Cn1ccc2[nH]cc(-c3ccc(F)c(C)c3)c2c1=O. The van der Waals surface area contributed by atoms with Crippen molar-refractivity contribution in [3.05, 3.63) is 58.4 Å². The van der Waals surface area contributed by atoms with Gasteiger partial charge in [-0.25, -0.2) is 8.78 Å². The Bertz CT molecular complexity index is 1040. The Balaban J connectivity index is 2.03. The Morgan fingerprint density at radius 2 is 2.07 bits per heavy atom. The van der Waals surface area contributed by atoms with E-state index in [-0.39, 0.29) is 17.9 Å². The van der Waals surface area contributed by atoms with Crippen LogP contribution in [-0.2, 0) is 11.3 Å². The summed E-state index contributed by atoms with van der Waals surface area (Å²) in [6, 6.07) is 6.34. The first-order chi connectivity index (χ1) is 13.0. The third-order valence-corrected chi connectivity index (χ3v) is 4.57. The topological polar surface area (TPSA) is 58.1 Å². The molecule has 1 aromatic carbocycles. The first-order valence-electron chi connectivity index (χ1n) is 8.77. The Morgan fingerprint density at radius 1 is 1.30 bits per heavy atom. The molecule has 1 N–H and O–H groups in total. The largest absolute Gasteiger partial charge is 0.360 e. The van der Waals surface area contributed by atoms with Gasteiger partial charge in [0.1, 0.15) is 12.4 Å². The Hall–Kier alpha value is -2.96. The maximum absolute atomic E-state index is 13.6. The molecule has 2 aromatic heterocycles. The quantitative estimate of drug-likeness (QED) is 0.671. The summed E-state index contributed by atoms with van der Waals surface area (Å²) < 4.78 is 27.9. The molecule has 7 heteroatoms. The van der Waals surface area contributed by atoms with E-state index < -0.39 is 12.7 Å². The van der Waals surface area contributed by atoms with Crippen molar-refractivity contribution in [2.45, 2.75) is 26.8 Å². The lowest BCUT2D eigenvalue weighted by molar-refractivity contribution is -0.133. The van der Waals surface area contributed by atoms with Crippen LogP contribution >= 0.6 is 0 Å². The average Bonchev–Trinajstić information content (AvgIpc) is 3.09. The van der Waals surface area contributed by atoms with Crippen LogP contribution in [0.4, 0.5) is 8.78 Å². The minimum absolute atomic E-state index is 0.230. The molecule has 142 valence electrons. The molecule has 0 unspecified atom stereocenters. The lowest BCUT2D eigenvalue weighted by atomic mass is 10.0. The van der Waals surface area contributed by atoms with Gasteiger partial charge in [0.15, 0.2) is 6.80 Å². The number of rotatable bonds is 6. The molecule has 3 rings (SSSR count). The zero-order valence-corrected chi connectivity index (χ0v) is 15.3. The zero-order chi connectivity index (χ0) is 19.6. The van der Waals surface area contributed by atoms with Crippen molar-refractivity contribution in [2.24, 2.45) is 0 Å². The van der Waals surface area contributed by atoms with Gasteiger partial charge in [-0.05, 0) is 42.7 Å². The smallest absolute Gasteiger partial charge is 0.261 e. The molecule has 2 heterocycles. The highest BCUT2D eigenvalue weighted by Gasteiger charge is 2.17. The number of carbonyl (C=O) groups excluding carboxylic acids is 1. The maximum Gasteiger partial charge on any atom is 0.261 e. The molecule has 3 aromatic rings. The van der Waals surface area contributed by atoms with Gasteiger partial charge in [-0.2, -0.15) is 0 Å². The van der Waals surface area contributed by atoms with Crippen LogP contribution in [0.5, 0.6) is 0 Å². The fourth-order valence-electron chi connectivity index (χ4n) is 3.11. The van der Waals surface area contributed by atoms with E-state index in [9.17, 15) is 18.4 Å². The highest BCUT2D eigenvalue weighted by Crippen LogP contribution is 2.27. The summed E-state index contributed by atoms with van der Waals surface area (Å²) in [5.74, 6) is -0.764. The number of alkyl halides is 1. The van der Waals surface area contributed by atoms with Crippen LogP contribution in [0, 0.1) is 12.7 Å². The molecule has 5 nitrogen and oxygen atoms in total. The van der Waals surface area contributed by atoms with Crippen LogP contribution in [0.3, 0.4) is 0 Å². The number of pyridine rings is 1. The molecule has 0 fully saturated rings. The number of hydrogen-bond acceptors (Lipinski definition) is 2. The van der Waals surface area contributed by atoms with Gasteiger partial charge in [0, 0.05) is 24.5 Å². The second-order valence-electron chi connectivity index (χ2n) is 6.48. The van der Waals surface area contributed by atoms with Gasteiger partial charge < -0.3 is 14.5 Å². The molecule has 0 spiro atoms. The van der Waals surface area contributed by atoms with E-state index in [1.54, 1.807) is 31.3 Å². The van der Waals surface area contributed by atoms with Gasteiger partial charge in [0.25, 0.3) is 5.56 Å². The summed E-state index contributed by atoms with van der Waals surface area (Å²) in [7, 11) is 0. The number of aryl methyl sites for hydroxylation is 1. The summed E-state index contributed by atoms with van der Waals surface area (Å²) in [6.45, 7) is 2.70. The highest BCUT2D eigenvalue weighted by atomic mass is 19.1. The number of nitrogens with zero attached hydrogens (tertiary/aromatic N) is 2. The zero-order valence-electron chi connectivity index (χ0n) is 15.3. The lowest BCUT2D eigenvalue weighted by Crippen LogP contribution is -2.36. The third-order valence-electron chi connectivity index (χ3n) is 4.57. The Kier molecular flexibility index (Phi) is 5.39. The van der Waals surface area contributed by atoms with Crippen molar-refractivity contribution in [1.29, 1.82) is 0 Å². The van der Waals surface area contributed by atoms with Gasteiger partial charge in [-0.15, -0.1) is 0 Å². The number of benzene rings is 1. The van der Waals surface area contributed by atoms with Crippen LogP contribution in [0.2, 0.25) is 0 Å². The van der Waals surface area contributed by atoms with Gasteiger partial charge >= 0.3 is 0 Å². The molecule has 0 saturated heterocycles. The molecule has 0 atom stereocenters. The number of hydrogen-bond donors (Lipinski definition) is 1. The number of aromatic nitrogens is 2. The number of H-pyrrole nitrogens is 1. The standard InChI is InChI=1S/C20H21F2N3O2/c1-3-7-25(12-21)18(26)11-24-8-6-17-19(20(24)27)15(10-23-17)14-4-5-16(22)13(2)9-14/h4-6,8-10,23H,3,7,11-12H2,1-2H3. The summed E-state index contributed by atoms with van der Waals surface area (Å²) in [4.78, 5) is 29.3. The molecule has 0 radical (unpaired) electrons. The highest BCUT2D eigenvalue weighted by molar-refractivity contribution is 5.95. The first kappa shape index (κ1) is 18.8. The number of fused-ring (bicyclic) bond motifs is 1. The number of nitrogens with one attached hydrogen (secondary N) is 1. The number of carbonyl (C=O) groups is 1. The van der Waals surface area contributed by atoms with E-state index >= 15 is 0 Å². The molecule has 27 heavy (non-hydrogen) atoms. The van der Waals surface area contributed by atoms with Crippen molar-refractivity contribution >= 4 is 16.8 Å². The van der Waals surface area contributed by atoms with E-state index in [4.69, 9.17) is 0 Å². The fourth-order valence-corrected chi connectivity index (χ4v) is 3.11. The van der Waals surface area contributed by atoms with E-state index in [2.05, 4.69) is 4.98 Å². The predicted octanol–water partition coefficient (Wildman–Crippen LogP) is 3.61. The van der Waals surface area contributed by atoms with Gasteiger partial charge in [0.2, 0.25) is 5.91 Å². The average molecular weight is 373 g/mol. The van der Waals surface area contributed by atoms with Crippen LogP contribution < -0.4 is 5.56 Å². The van der Waals surface area contributed by atoms with Crippen LogP contribution in [0.1, 0.15) is 18.9 Å². The van der Waals surface area contributed by atoms with Crippen molar-refractivity contribution in [3.63, 3.8) is 0 Å². The molecular weight excluding hydrogens is 352 g/mol. The Labute approximate surface area is 155 Å². The van der Waals surface area contributed by atoms with Crippen LogP contribution in [-0.4, -0.2) is 33.7 Å². The maximum atomic E-state index is 13.6. The normalized spacial score (nSPS) is 11.1. The van der Waals surface area contributed by atoms with Crippen LogP contribution in [0.25, 0.3) is 22.0 Å². The summed E-state index contributed by atoms with van der Waals surface area (Å²) in [5.41, 5.74) is 2.09. The van der Waals surface area contributed by atoms with E-state index in [1.807, 2.05) is 6.92 Å². The number of aromatic amines is 1. The number of amides is 1. The fraction of sp³-hybridized carbons (Fsp3) is 0.300. The van der Waals surface area contributed by atoms with Crippen molar-refractivity contribution < 1.29 is 13.6 Å². The molecule has 0 aliphatic carbocycles. The molecule has 1 amide bonds. The van der Waals surface area contributed by atoms with E-state index in [0.717, 1.165) is 4.90 Å². The molecule has 0 saturated carbocycles. The third kappa shape index (κ3) is 3.63. The van der Waals surface area contributed by atoms with E-state index in [0.29, 0.717) is 40.6 Å². The van der Waals surface area contributed by atoms with Crippen molar-refractivity contribution in [1.82, 2.24) is 14.5 Å². The van der Waals surface area contributed by atoms with Gasteiger partial charge in [0.05, 0.1) is 10.9 Å². The Morgan fingerprint density at radius 3 is 2.74 bits per heavy atom. The molecular formula is C20H21F2N3O2. The van der Waals surface area contributed by atoms with Gasteiger partial charge in [-0.1, -0.05) is 13.0 Å². The summed E-state index contributed by atoms with van der Waals surface area (Å²) in [5, 5.41) is 0.415. The van der Waals surface area contributed by atoms with E-state index in [1.165, 1.54) is 16.8 Å². The minimum atomic E-state index is -0.881. The number of halogens is 2. The monoisotopic (exact) mass is 373 g/mol. The van der Waals surface area contributed by atoms with Crippen molar-refractivity contribution in [2.75, 3.05) is 13.3 Å². The van der Waals surface area contributed by atoms with Crippen LogP contribution in [0.15, 0.2) is 41.5 Å². The second-order valence-corrected chi connectivity index (χ2v) is 6.48. The minimum Gasteiger partial charge on any atom is -0.360 e. The molecule has 0 bridgehead atoms.